The first kappa shape index (κ1) is 20.1. The molecule has 1 aromatic carbocycles. The molecule has 2 aliphatic rings. The van der Waals surface area contributed by atoms with Gasteiger partial charge in [-0.05, 0) is 36.6 Å². The fourth-order valence-corrected chi connectivity index (χ4v) is 4.72. The number of nitriles is 1. The van der Waals surface area contributed by atoms with Crippen molar-refractivity contribution in [2.45, 2.75) is 25.9 Å². The van der Waals surface area contributed by atoms with Gasteiger partial charge in [0.1, 0.15) is 18.6 Å². The zero-order valence-corrected chi connectivity index (χ0v) is 17.2. The molecule has 0 spiro atoms. The summed E-state index contributed by atoms with van der Waals surface area (Å²) in [6.45, 7) is 1.10. The van der Waals surface area contributed by atoms with Crippen LogP contribution in [0.15, 0.2) is 54.2 Å². The van der Waals surface area contributed by atoms with Crippen molar-refractivity contribution in [1.29, 1.82) is 5.26 Å². The van der Waals surface area contributed by atoms with Gasteiger partial charge in [-0.1, -0.05) is 25.1 Å². The molecule has 0 aliphatic heterocycles. The number of halogens is 2. The van der Waals surface area contributed by atoms with E-state index in [0.29, 0.717) is 34.8 Å². The summed E-state index contributed by atoms with van der Waals surface area (Å²) in [5, 5.41) is 9.44. The van der Waals surface area contributed by atoms with Gasteiger partial charge in [0.15, 0.2) is 11.6 Å². The molecule has 0 fully saturated rings. The van der Waals surface area contributed by atoms with Gasteiger partial charge in [0.05, 0.1) is 22.7 Å². The van der Waals surface area contributed by atoms with Crippen LogP contribution in [0, 0.1) is 29.0 Å². The van der Waals surface area contributed by atoms with E-state index >= 15 is 0 Å². The normalized spacial score (nSPS) is 21.5. The smallest absolute Gasteiger partial charge is 0.176 e. The van der Waals surface area contributed by atoms with E-state index in [9.17, 15) is 18.8 Å². The predicted molar refractivity (Wildman–Crippen MR) is 113 cm³/mol. The van der Waals surface area contributed by atoms with Crippen LogP contribution in [0.5, 0.6) is 0 Å². The maximum Gasteiger partial charge on any atom is 0.176 e. The minimum absolute atomic E-state index is 0.0801. The van der Waals surface area contributed by atoms with Crippen LogP contribution in [0.2, 0.25) is 0 Å². The van der Waals surface area contributed by atoms with Crippen molar-refractivity contribution in [3.63, 3.8) is 0 Å². The summed E-state index contributed by atoms with van der Waals surface area (Å²) in [4.78, 5) is 26.0. The molecule has 3 unspecified atom stereocenters. The number of fused-ring (bicyclic) bond motifs is 3. The van der Waals surface area contributed by atoms with Crippen LogP contribution in [0.25, 0.3) is 22.6 Å². The Bertz CT molecular complexity index is 1330. The molecule has 0 amide bonds. The van der Waals surface area contributed by atoms with Crippen molar-refractivity contribution in [2.75, 3.05) is 0 Å². The van der Waals surface area contributed by atoms with E-state index in [4.69, 9.17) is 9.97 Å². The lowest BCUT2D eigenvalue weighted by atomic mass is 9.74. The Morgan fingerprint density at radius 2 is 2.03 bits per heavy atom. The molecular weight excluding hydrogens is 410 g/mol. The number of rotatable bonds is 3. The minimum Gasteiger partial charge on any atom is -0.293 e. The monoisotopic (exact) mass is 428 g/mol. The van der Waals surface area contributed by atoms with Crippen LogP contribution in [0.4, 0.5) is 8.78 Å². The highest BCUT2D eigenvalue weighted by Crippen LogP contribution is 2.48. The number of benzene rings is 1. The fraction of sp³-hybridized carbons (Fsp3) is 0.240. The summed E-state index contributed by atoms with van der Waals surface area (Å²) in [5.74, 6) is -0.943. The third-order valence-electron chi connectivity index (χ3n) is 6.38. The molecule has 0 saturated heterocycles. The number of carbonyl (C=O) groups is 1. The molecule has 0 bridgehead atoms. The second-order valence-corrected chi connectivity index (χ2v) is 8.15. The number of hydrogen-bond donors (Lipinski definition) is 0. The van der Waals surface area contributed by atoms with Crippen LogP contribution in [-0.2, 0) is 17.9 Å². The number of pyridine rings is 1. The average molecular weight is 428 g/mol. The Morgan fingerprint density at radius 1 is 1.22 bits per heavy atom. The molecule has 2 aliphatic carbocycles. The highest BCUT2D eigenvalue weighted by atomic mass is 19.1. The van der Waals surface area contributed by atoms with Gasteiger partial charge in [-0.25, -0.2) is 18.7 Å². The second-order valence-electron chi connectivity index (χ2n) is 8.15. The van der Waals surface area contributed by atoms with E-state index < -0.39 is 12.5 Å². The molecule has 0 N–H and O–H groups in total. The van der Waals surface area contributed by atoms with Crippen LogP contribution in [0.1, 0.15) is 29.8 Å². The van der Waals surface area contributed by atoms with Crippen molar-refractivity contribution < 1.29 is 13.6 Å². The zero-order valence-electron chi connectivity index (χ0n) is 17.2. The van der Waals surface area contributed by atoms with Gasteiger partial charge < -0.3 is 0 Å². The average Bonchev–Trinajstić information content (AvgIpc) is 3.20. The first-order valence-corrected chi connectivity index (χ1v) is 10.3. The van der Waals surface area contributed by atoms with E-state index in [1.54, 1.807) is 36.4 Å². The van der Waals surface area contributed by atoms with E-state index in [-0.39, 0.29) is 34.8 Å². The summed E-state index contributed by atoms with van der Waals surface area (Å²) in [5.41, 5.74) is 3.22. The quantitative estimate of drug-likeness (QED) is 0.602. The molecule has 5 rings (SSSR count). The number of Topliss-reactive ketones (excluding diaryl/α,β-unsaturated/α-hetero) is 1. The first-order valence-electron chi connectivity index (χ1n) is 10.3. The molecule has 158 valence electrons. The highest BCUT2D eigenvalue weighted by molar-refractivity contribution is 6.02. The lowest BCUT2D eigenvalue weighted by Crippen LogP contribution is -2.29. The van der Waals surface area contributed by atoms with E-state index in [2.05, 4.69) is 4.98 Å². The Morgan fingerprint density at radius 3 is 2.78 bits per heavy atom. The number of alkyl halides is 1. The van der Waals surface area contributed by atoms with Crippen molar-refractivity contribution in [1.82, 2.24) is 15.0 Å². The predicted octanol–water partition coefficient (Wildman–Crippen LogP) is 4.74. The fourth-order valence-electron chi connectivity index (χ4n) is 4.72. The first-order chi connectivity index (χ1) is 15.5. The van der Waals surface area contributed by atoms with Gasteiger partial charge in [-0.3, -0.25) is 9.78 Å². The van der Waals surface area contributed by atoms with Gasteiger partial charge in [0, 0.05) is 34.7 Å². The van der Waals surface area contributed by atoms with Crippen molar-refractivity contribution in [3.8, 4) is 28.7 Å². The Labute approximate surface area is 183 Å². The molecule has 0 saturated carbocycles. The Hall–Kier alpha value is -3.79. The number of aromatic nitrogens is 3. The lowest BCUT2D eigenvalue weighted by Gasteiger charge is -2.27. The molecule has 2 heterocycles. The minimum atomic E-state index is -0.725. The number of nitrogens with zero attached hydrogens (tertiary/aromatic N) is 4. The maximum absolute atomic E-state index is 14.8. The summed E-state index contributed by atoms with van der Waals surface area (Å²) in [7, 11) is 0. The zero-order chi connectivity index (χ0) is 22.4. The maximum atomic E-state index is 14.8. The Balaban J connectivity index is 1.76. The lowest BCUT2D eigenvalue weighted by molar-refractivity contribution is -0.120. The third kappa shape index (κ3) is 3.11. The summed E-state index contributed by atoms with van der Waals surface area (Å²) < 4.78 is 28.0. The number of carbonyl (C=O) groups excluding carboxylic acids is 1. The van der Waals surface area contributed by atoms with Gasteiger partial charge in [0.2, 0.25) is 0 Å². The molecule has 3 aromatic rings. The van der Waals surface area contributed by atoms with Gasteiger partial charge in [-0.2, -0.15) is 5.26 Å². The molecule has 2 aromatic heterocycles. The summed E-state index contributed by atoms with van der Waals surface area (Å²) >= 11 is 0. The number of hydrogen-bond acceptors (Lipinski definition) is 5. The highest BCUT2D eigenvalue weighted by Gasteiger charge is 2.44. The van der Waals surface area contributed by atoms with Crippen molar-refractivity contribution in [2.24, 2.45) is 11.8 Å². The molecule has 3 atom stereocenters. The van der Waals surface area contributed by atoms with E-state index in [1.807, 2.05) is 13.0 Å². The van der Waals surface area contributed by atoms with Gasteiger partial charge >= 0.3 is 0 Å². The van der Waals surface area contributed by atoms with Crippen LogP contribution >= 0.6 is 0 Å². The third-order valence-corrected chi connectivity index (χ3v) is 6.38. The largest absolute Gasteiger partial charge is 0.293 e. The van der Waals surface area contributed by atoms with Crippen LogP contribution < -0.4 is 0 Å². The number of allylic oxidation sites excluding steroid dienone is 2. The van der Waals surface area contributed by atoms with Crippen LogP contribution in [0.3, 0.4) is 0 Å². The molecule has 5 nitrogen and oxygen atoms in total. The topological polar surface area (TPSA) is 79.5 Å². The van der Waals surface area contributed by atoms with Gasteiger partial charge in [0.25, 0.3) is 0 Å². The number of ketones is 1. The second kappa shape index (κ2) is 7.72. The summed E-state index contributed by atoms with van der Waals surface area (Å²) in [6.07, 6.45) is 3.68. The van der Waals surface area contributed by atoms with Crippen LogP contribution in [-0.4, -0.2) is 20.7 Å². The van der Waals surface area contributed by atoms with Crippen molar-refractivity contribution >= 4 is 5.78 Å². The Kier molecular flexibility index (Phi) is 4.86. The molecule has 32 heavy (non-hydrogen) atoms. The SMILES string of the molecule is CC1C(=O)C(C#N)=CC2c3nc(-c4ccnc(CF)c4)nc(-c4ccccc4F)c3CC12. The van der Waals surface area contributed by atoms with E-state index in [0.717, 1.165) is 5.56 Å². The van der Waals surface area contributed by atoms with Crippen molar-refractivity contribution in [3.05, 3.63) is 77.0 Å². The standard InChI is InChI=1S/C25H18F2N4O/c1-13-18-10-20-22(17-4-2-3-5-21(17)27)30-25(14-6-7-29-16(8-14)11-26)31-23(20)19(18)9-15(12-28)24(13)32/h2-9,13,18-19H,10-11H2,1H3. The van der Waals surface area contributed by atoms with Gasteiger partial charge in [-0.15, -0.1) is 0 Å². The van der Waals surface area contributed by atoms with E-state index in [1.165, 1.54) is 12.3 Å². The molecular formula is C25H18F2N4O. The summed E-state index contributed by atoms with van der Waals surface area (Å²) in [6, 6.07) is 11.6. The molecule has 0 radical (unpaired) electrons. The molecule has 7 heteroatoms.